The average Bonchev–Trinajstić information content (AvgIpc) is 2.39. The van der Waals surface area contributed by atoms with Crippen LogP contribution in [0.2, 0.25) is 0 Å². The van der Waals surface area contributed by atoms with Crippen LogP contribution in [0.4, 0.5) is 0 Å². The van der Waals surface area contributed by atoms with Crippen LogP contribution >= 0.6 is 0 Å². The number of hydrogen-bond donors (Lipinski definition) is 3. The molecule has 0 fully saturated rings. The van der Waals surface area contributed by atoms with Crippen LogP contribution in [-0.2, 0) is 11.2 Å². The van der Waals surface area contributed by atoms with Gasteiger partial charge in [0.2, 0.25) is 5.91 Å². The van der Waals surface area contributed by atoms with Crippen LogP contribution in [0.3, 0.4) is 0 Å². The van der Waals surface area contributed by atoms with Gasteiger partial charge in [-0.15, -0.1) is 0 Å². The summed E-state index contributed by atoms with van der Waals surface area (Å²) in [4.78, 5) is 11.7. The van der Waals surface area contributed by atoms with Crippen LogP contribution in [0.25, 0.3) is 0 Å². The molecular formula is C14H22N2O2. The van der Waals surface area contributed by atoms with E-state index >= 15 is 0 Å². The quantitative estimate of drug-likeness (QED) is 0.715. The summed E-state index contributed by atoms with van der Waals surface area (Å²) in [7, 11) is 0. The van der Waals surface area contributed by atoms with E-state index in [-0.39, 0.29) is 17.6 Å². The maximum absolute atomic E-state index is 11.7. The molecule has 0 saturated heterocycles. The van der Waals surface area contributed by atoms with Crippen LogP contribution in [0, 0.1) is 5.92 Å². The molecule has 4 N–H and O–H groups in total. The summed E-state index contributed by atoms with van der Waals surface area (Å²) >= 11 is 0. The van der Waals surface area contributed by atoms with E-state index in [1.807, 2.05) is 26.0 Å². The number of nitrogens with one attached hydrogen (secondary N) is 1. The van der Waals surface area contributed by atoms with Gasteiger partial charge in [-0.05, 0) is 30.0 Å². The predicted molar refractivity (Wildman–Crippen MR) is 72.3 cm³/mol. The molecule has 1 unspecified atom stereocenters. The summed E-state index contributed by atoms with van der Waals surface area (Å²) in [5, 5.41) is 12.0. The Morgan fingerprint density at radius 1 is 1.39 bits per heavy atom. The molecule has 100 valence electrons. The van der Waals surface area contributed by atoms with Crippen LogP contribution in [0.1, 0.15) is 25.8 Å². The molecule has 0 aromatic heterocycles. The molecule has 4 heteroatoms. The van der Waals surface area contributed by atoms with E-state index in [0.29, 0.717) is 6.54 Å². The molecule has 1 aromatic carbocycles. The minimum atomic E-state index is -0.435. The highest BCUT2D eigenvalue weighted by Crippen LogP contribution is 2.09. The van der Waals surface area contributed by atoms with Gasteiger partial charge in [0.15, 0.2) is 0 Å². The Hall–Kier alpha value is -1.55. The highest BCUT2D eigenvalue weighted by Gasteiger charge is 2.18. The van der Waals surface area contributed by atoms with Gasteiger partial charge in [0.25, 0.3) is 0 Å². The topological polar surface area (TPSA) is 75.4 Å². The van der Waals surface area contributed by atoms with E-state index in [2.05, 4.69) is 5.32 Å². The van der Waals surface area contributed by atoms with E-state index < -0.39 is 6.04 Å². The molecule has 0 bridgehead atoms. The minimum absolute atomic E-state index is 0.0943. The van der Waals surface area contributed by atoms with Gasteiger partial charge in [-0.25, -0.2) is 0 Å². The van der Waals surface area contributed by atoms with Crippen molar-refractivity contribution in [3.8, 4) is 5.75 Å². The van der Waals surface area contributed by atoms with E-state index in [0.717, 1.165) is 18.4 Å². The predicted octanol–water partition coefficient (Wildman–Crippen LogP) is 1.42. The summed E-state index contributed by atoms with van der Waals surface area (Å²) in [5.41, 5.74) is 6.90. The van der Waals surface area contributed by atoms with Crippen LogP contribution in [0.5, 0.6) is 5.75 Å². The van der Waals surface area contributed by atoms with Gasteiger partial charge in [0.1, 0.15) is 5.75 Å². The van der Waals surface area contributed by atoms with Gasteiger partial charge in [0, 0.05) is 6.54 Å². The molecule has 0 heterocycles. The number of phenolic OH excluding ortho intramolecular Hbond substituents is 1. The van der Waals surface area contributed by atoms with E-state index in [9.17, 15) is 4.79 Å². The van der Waals surface area contributed by atoms with Crippen LogP contribution < -0.4 is 11.1 Å². The number of amides is 1. The molecule has 0 aliphatic carbocycles. The zero-order valence-corrected chi connectivity index (χ0v) is 11.0. The molecule has 0 spiro atoms. The molecule has 0 saturated carbocycles. The third kappa shape index (κ3) is 4.37. The van der Waals surface area contributed by atoms with Gasteiger partial charge in [-0.2, -0.15) is 0 Å². The number of aromatic hydroxyl groups is 1. The van der Waals surface area contributed by atoms with Gasteiger partial charge in [-0.1, -0.05) is 32.4 Å². The molecule has 2 atom stereocenters. The maximum Gasteiger partial charge on any atom is 0.237 e. The lowest BCUT2D eigenvalue weighted by Gasteiger charge is -2.17. The Morgan fingerprint density at radius 2 is 2.00 bits per heavy atom. The first-order valence-electron chi connectivity index (χ1n) is 6.35. The highest BCUT2D eigenvalue weighted by atomic mass is 16.3. The second-order valence-corrected chi connectivity index (χ2v) is 4.62. The Bertz CT molecular complexity index is 376. The van der Waals surface area contributed by atoms with Crippen molar-refractivity contribution in [2.45, 2.75) is 32.7 Å². The number of carbonyl (C=O) groups is 1. The van der Waals surface area contributed by atoms with Crippen molar-refractivity contribution in [1.82, 2.24) is 5.32 Å². The van der Waals surface area contributed by atoms with Crippen molar-refractivity contribution in [2.24, 2.45) is 11.7 Å². The normalized spacial score (nSPS) is 13.9. The van der Waals surface area contributed by atoms with E-state index in [4.69, 9.17) is 10.8 Å². The third-order valence-corrected chi connectivity index (χ3v) is 3.21. The molecule has 0 aliphatic heterocycles. The molecular weight excluding hydrogens is 228 g/mol. The van der Waals surface area contributed by atoms with Gasteiger partial charge < -0.3 is 16.2 Å². The number of carbonyl (C=O) groups excluding carboxylic acids is 1. The second-order valence-electron chi connectivity index (χ2n) is 4.62. The number of hydrogen-bond acceptors (Lipinski definition) is 3. The zero-order valence-electron chi connectivity index (χ0n) is 11.0. The van der Waals surface area contributed by atoms with Gasteiger partial charge in [0.05, 0.1) is 6.04 Å². The number of nitrogens with two attached hydrogens (primary N) is 1. The van der Waals surface area contributed by atoms with Crippen molar-refractivity contribution in [3.05, 3.63) is 29.8 Å². The van der Waals surface area contributed by atoms with Gasteiger partial charge >= 0.3 is 0 Å². The number of benzene rings is 1. The molecule has 1 rings (SSSR count). The zero-order chi connectivity index (χ0) is 13.5. The van der Waals surface area contributed by atoms with Crippen LogP contribution in [0.15, 0.2) is 24.3 Å². The lowest BCUT2D eigenvalue weighted by atomic mass is 9.99. The summed E-state index contributed by atoms with van der Waals surface area (Å²) in [6, 6.07) is 6.53. The lowest BCUT2D eigenvalue weighted by molar-refractivity contribution is -0.123. The fourth-order valence-electron chi connectivity index (χ4n) is 1.62. The SMILES string of the molecule is CCC(C)[C@H](N)C(=O)NCCc1ccc(O)cc1. The first-order chi connectivity index (χ1) is 8.54. The Morgan fingerprint density at radius 3 is 2.56 bits per heavy atom. The van der Waals surface area contributed by atoms with E-state index in [1.54, 1.807) is 12.1 Å². The lowest BCUT2D eigenvalue weighted by Crippen LogP contribution is -2.45. The molecule has 0 radical (unpaired) electrons. The Labute approximate surface area is 108 Å². The standard InChI is InChI=1S/C14H22N2O2/c1-3-10(2)13(15)14(18)16-9-8-11-4-6-12(17)7-5-11/h4-7,10,13,17H,3,8-9,15H2,1-2H3,(H,16,18)/t10?,13-/m0/s1. The molecule has 0 aliphatic rings. The first kappa shape index (κ1) is 14.5. The fourth-order valence-corrected chi connectivity index (χ4v) is 1.62. The largest absolute Gasteiger partial charge is 0.508 e. The molecule has 1 aromatic rings. The number of rotatable bonds is 6. The third-order valence-electron chi connectivity index (χ3n) is 3.21. The first-order valence-corrected chi connectivity index (χ1v) is 6.35. The maximum atomic E-state index is 11.7. The van der Waals surface area contributed by atoms with Crippen molar-refractivity contribution in [1.29, 1.82) is 0 Å². The Kier molecular flexibility index (Phi) is 5.65. The smallest absolute Gasteiger partial charge is 0.237 e. The summed E-state index contributed by atoms with van der Waals surface area (Å²) in [6.45, 7) is 4.56. The second kappa shape index (κ2) is 7.01. The Balaban J connectivity index is 2.33. The monoisotopic (exact) mass is 250 g/mol. The summed E-state index contributed by atoms with van der Waals surface area (Å²) in [6.07, 6.45) is 1.63. The average molecular weight is 250 g/mol. The van der Waals surface area contributed by atoms with Crippen molar-refractivity contribution in [2.75, 3.05) is 6.54 Å². The minimum Gasteiger partial charge on any atom is -0.508 e. The molecule has 18 heavy (non-hydrogen) atoms. The van der Waals surface area contributed by atoms with Crippen molar-refractivity contribution in [3.63, 3.8) is 0 Å². The van der Waals surface area contributed by atoms with Crippen molar-refractivity contribution < 1.29 is 9.90 Å². The van der Waals surface area contributed by atoms with Crippen molar-refractivity contribution >= 4 is 5.91 Å². The number of phenols is 1. The summed E-state index contributed by atoms with van der Waals surface area (Å²) < 4.78 is 0. The van der Waals surface area contributed by atoms with Crippen LogP contribution in [-0.4, -0.2) is 23.6 Å². The highest BCUT2D eigenvalue weighted by molar-refractivity contribution is 5.81. The molecule has 4 nitrogen and oxygen atoms in total. The van der Waals surface area contributed by atoms with E-state index in [1.165, 1.54) is 0 Å². The van der Waals surface area contributed by atoms with Gasteiger partial charge in [-0.3, -0.25) is 4.79 Å². The summed E-state index contributed by atoms with van der Waals surface area (Å²) in [5.74, 6) is 0.350. The fraction of sp³-hybridized carbons (Fsp3) is 0.500. The molecule has 1 amide bonds.